The molecule has 0 radical (unpaired) electrons. The Hall–Kier alpha value is -1.87. The molecule has 0 unspecified atom stereocenters. The van der Waals surface area contributed by atoms with E-state index in [4.69, 9.17) is 17.3 Å². The van der Waals surface area contributed by atoms with Gasteiger partial charge in [-0.25, -0.2) is 4.98 Å². The first-order valence-corrected chi connectivity index (χ1v) is 6.61. The Bertz CT molecular complexity index is 657. The third kappa shape index (κ3) is 3.80. The number of hydrogen-bond donors (Lipinski definition) is 2. The van der Waals surface area contributed by atoms with Crippen LogP contribution in [0.3, 0.4) is 0 Å². The number of thiophene rings is 1. The smallest absolute Gasteiger partial charge is 0.266 e. The van der Waals surface area contributed by atoms with Crippen LogP contribution in [0, 0.1) is 11.8 Å². The molecular formula is C13H10ClN3OS. The highest BCUT2D eigenvalue weighted by Gasteiger charge is 2.09. The summed E-state index contributed by atoms with van der Waals surface area (Å²) in [5, 5.41) is 2.69. The summed E-state index contributed by atoms with van der Waals surface area (Å²) in [5.74, 6) is 5.71. The molecule has 0 aliphatic carbocycles. The lowest BCUT2D eigenvalue weighted by Gasteiger charge is -2.02. The van der Waals surface area contributed by atoms with Crippen molar-refractivity contribution < 1.29 is 4.79 Å². The third-order valence-electron chi connectivity index (χ3n) is 2.11. The van der Waals surface area contributed by atoms with Gasteiger partial charge in [-0.3, -0.25) is 4.79 Å². The molecule has 0 fully saturated rings. The second-order valence-corrected chi connectivity index (χ2v) is 5.19. The van der Waals surface area contributed by atoms with E-state index in [-0.39, 0.29) is 12.5 Å². The number of pyridine rings is 1. The first-order valence-electron chi connectivity index (χ1n) is 5.42. The molecule has 4 nitrogen and oxygen atoms in total. The summed E-state index contributed by atoms with van der Waals surface area (Å²) in [6, 6.07) is 8.56. The molecule has 19 heavy (non-hydrogen) atoms. The normalized spacial score (nSPS) is 9.58. The van der Waals surface area contributed by atoms with Crippen molar-refractivity contribution in [1.82, 2.24) is 4.98 Å². The molecule has 2 heterocycles. The van der Waals surface area contributed by atoms with E-state index < -0.39 is 0 Å². The lowest BCUT2D eigenvalue weighted by atomic mass is 10.3. The van der Waals surface area contributed by atoms with Crippen molar-refractivity contribution in [3.05, 3.63) is 45.2 Å². The van der Waals surface area contributed by atoms with Gasteiger partial charge in [-0.15, -0.1) is 11.3 Å². The molecule has 0 spiro atoms. The third-order valence-corrected chi connectivity index (χ3v) is 3.34. The quantitative estimate of drug-likeness (QED) is 0.835. The van der Waals surface area contributed by atoms with Gasteiger partial charge in [-0.05, 0) is 30.2 Å². The molecule has 2 rings (SSSR count). The Morgan fingerprint density at radius 2 is 2.26 bits per heavy atom. The van der Waals surface area contributed by atoms with Crippen LogP contribution in [0.25, 0.3) is 0 Å². The summed E-state index contributed by atoms with van der Waals surface area (Å²) in [4.78, 5) is 16.6. The van der Waals surface area contributed by atoms with E-state index in [1.54, 1.807) is 30.3 Å². The minimum atomic E-state index is -0.242. The van der Waals surface area contributed by atoms with Crippen molar-refractivity contribution in [2.75, 3.05) is 11.9 Å². The number of carbonyl (C=O) groups is 1. The molecule has 0 bridgehead atoms. The van der Waals surface area contributed by atoms with Gasteiger partial charge in [0.05, 0.1) is 15.8 Å². The van der Waals surface area contributed by atoms with Crippen molar-refractivity contribution in [2.45, 2.75) is 0 Å². The van der Waals surface area contributed by atoms with Crippen LogP contribution in [0.5, 0.6) is 0 Å². The summed E-state index contributed by atoms with van der Waals surface area (Å²) in [7, 11) is 0. The molecule has 0 aliphatic heterocycles. The number of nitrogens with one attached hydrogen (secondary N) is 1. The van der Waals surface area contributed by atoms with E-state index in [1.165, 1.54) is 11.3 Å². The zero-order valence-electron chi connectivity index (χ0n) is 9.81. The number of nitrogens with two attached hydrogens (primary N) is 1. The van der Waals surface area contributed by atoms with Gasteiger partial charge >= 0.3 is 0 Å². The van der Waals surface area contributed by atoms with Crippen LogP contribution in [-0.2, 0) is 0 Å². The van der Waals surface area contributed by atoms with E-state index in [0.29, 0.717) is 20.7 Å². The Morgan fingerprint density at radius 3 is 2.95 bits per heavy atom. The number of anilines is 1. The van der Waals surface area contributed by atoms with Crippen LogP contribution in [-0.4, -0.2) is 17.4 Å². The van der Waals surface area contributed by atoms with Gasteiger partial charge in [-0.2, -0.15) is 0 Å². The van der Waals surface area contributed by atoms with Crippen LogP contribution in [0.15, 0.2) is 30.3 Å². The highest BCUT2D eigenvalue weighted by molar-refractivity contribution is 7.18. The first kappa shape index (κ1) is 13.6. The van der Waals surface area contributed by atoms with Crippen LogP contribution >= 0.6 is 22.9 Å². The molecule has 2 aromatic heterocycles. The SMILES string of the molecule is NCC#Cc1cccc(NC(=O)c2ccc(Cl)s2)n1. The van der Waals surface area contributed by atoms with Crippen molar-refractivity contribution in [2.24, 2.45) is 5.73 Å². The van der Waals surface area contributed by atoms with Gasteiger partial charge in [0, 0.05) is 0 Å². The highest BCUT2D eigenvalue weighted by atomic mass is 35.5. The average molecular weight is 292 g/mol. The minimum absolute atomic E-state index is 0.242. The average Bonchev–Trinajstić information content (AvgIpc) is 2.83. The van der Waals surface area contributed by atoms with Crippen molar-refractivity contribution in [3.8, 4) is 11.8 Å². The molecule has 0 saturated carbocycles. The highest BCUT2D eigenvalue weighted by Crippen LogP contribution is 2.22. The fourth-order valence-corrected chi connectivity index (χ4v) is 2.27. The van der Waals surface area contributed by atoms with E-state index in [2.05, 4.69) is 22.1 Å². The summed E-state index contributed by atoms with van der Waals surface area (Å²) < 4.78 is 0.570. The largest absolute Gasteiger partial charge is 0.320 e. The molecule has 0 aliphatic rings. The maximum atomic E-state index is 11.9. The molecule has 1 amide bonds. The summed E-state index contributed by atoms with van der Waals surface area (Å²) in [6.45, 7) is 0.270. The van der Waals surface area contributed by atoms with Crippen LogP contribution in [0.4, 0.5) is 5.82 Å². The topological polar surface area (TPSA) is 68.0 Å². The van der Waals surface area contributed by atoms with E-state index >= 15 is 0 Å². The number of rotatable bonds is 2. The second-order valence-electron chi connectivity index (χ2n) is 3.47. The van der Waals surface area contributed by atoms with Crippen LogP contribution in [0.1, 0.15) is 15.4 Å². The maximum absolute atomic E-state index is 11.9. The number of carbonyl (C=O) groups excluding carboxylic acids is 1. The Balaban J connectivity index is 2.13. The number of halogens is 1. The predicted molar refractivity (Wildman–Crippen MR) is 77.5 cm³/mol. The first-order chi connectivity index (χ1) is 9.19. The Kier molecular flexibility index (Phi) is 4.53. The summed E-state index contributed by atoms with van der Waals surface area (Å²) in [5.41, 5.74) is 5.85. The lowest BCUT2D eigenvalue weighted by Crippen LogP contribution is -2.11. The van der Waals surface area contributed by atoms with Crippen LogP contribution in [0.2, 0.25) is 4.34 Å². The molecule has 0 aromatic carbocycles. The number of hydrogen-bond acceptors (Lipinski definition) is 4. The number of amides is 1. The van der Waals surface area contributed by atoms with E-state index in [0.717, 1.165) is 0 Å². The van der Waals surface area contributed by atoms with Crippen molar-refractivity contribution >= 4 is 34.7 Å². The standard InChI is InChI=1S/C13H10ClN3OS/c14-11-7-6-10(19-11)13(18)17-12-5-1-3-9(16-12)4-2-8-15/h1,3,5-7H,8,15H2,(H,16,17,18). The monoisotopic (exact) mass is 291 g/mol. The van der Waals surface area contributed by atoms with Gasteiger partial charge in [0.1, 0.15) is 11.5 Å². The van der Waals surface area contributed by atoms with Crippen LogP contribution < -0.4 is 11.1 Å². The number of nitrogens with zero attached hydrogens (tertiary/aromatic N) is 1. The molecular weight excluding hydrogens is 282 g/mol. The zero-order chi connectivity index (χ0) is 13.7. The summed E-state index contributed by atoms with van der Waals surface area (Å²) >= 11 is 7.00. The predicted octanol–water partition coefficient (Wildman–Crippen LogP) is 2.36. The minimum Gasteiger partial charge on any atom is -0.320 e. The molecule has 96 valence electrons. The second kappa shape index (κ2) is 6.34. The lowest BCUT2D eigenvalue weighted by molar-refractivity contribution is 0.103. The molecule has 2 aromatic rings. The fourth-order valence-electron chi connectivity index (χ4n) is 1.33. The van der Waals surface area contributed by atoms with Gasteiger partial charge in [0.2, 0.25) is 0 Å². The Morgan fingerprint density at radius 1 is 1.42 bits per heavy atom. The Labute approximate surface area is 119 Å². The zero-order valence-corrected chi connectivity index (χ0v) is 11.4. The fraction of sp³-hybridized carbons (Fsp3) is 0.0769. The molecule has 0 atom stereocenters. The number of aromatic nitrogens is 1. The molecule has 6 heteroatoms. The maximum Gasteiger partial charge on any atom is 0.266 e. The van der Waals surface area contributed by atoms with E-state index in [9.17, 15) is 4.79 Å². The molecule has 3 N–H and O–H groups in total. The molecule has 0 saturated heterocycles. The van der Waals surface area contributed by atoms with E-state index in [1.807, 2.05) is 0 Å². The van der Waals surface area contributed by atoms with Gasteiger partial charge in [0.15, 0.2) is 0 Å². The summed E-state index contributed by atoms with van der Waals surface area (Å²) in [6.07, 6.45) is 0. The van der Waals surface area contributed by atoms with Crippen molar-refractivity contribution in [1.29, 1.82) is 0 Å². The van der Waals surface area contributed by atoms with Gasteiger partial charge < -0.3 is 11.1 Å². The van der Waals surface area contributed by atoms with Crippen molar-refractivity contribution in [3.63, 3.8) is 0 Å². The van der Waals surface area contributed by atoms with Gasteiger partial charge in [0.25, 0.3) is 5.91 Å². The van der Waals surface area contributed by atoms with Gasteiger partial charge in [-0.1, -0.05) is 23.6 Å².